The molecule has 0 bridgehead atoms. The van der Waals surface area contributed by atoms with Gasteiger partial charge in [0.05, 0.1) is 11.4 Å². The van der Waals surface area contributed by atoms with Crippen molar-refractivity contribution in [3.05, 3.63) is 65.2 Å². The third-order valence-electron chi connectivity index (χ3n) is 6.14. The monoisotopic (exact) mass is 464 g/mol. The smallest absolute Gasteiger partial charge is 0.182 e. The number of hydrogen-bond acceptors (Lipinski definition) is 6. The van der Waals surface area contributed by atoms with E-state index >= 15 is 0 Å². The average molecular weight is 464 g/mol. The van der Waals surface area contributed by atoms with Crippen molar-refractivity contribution < 1.29 is 13.2 Å². The molecule has 0 amide bonds. The number of likely N-dealkylation sites (N-methyl/N-ethyl adjacent to an activating group) is 1. The Morgan fingerprint density at radius 2 is 1.50 bits per heavy atom. The van der Waals surface area contributed by atoms with Gasteiger partial charge in [0.25, 0.3) is 0 Å². The second kappa shape index (κ2) is 8.64. The number of nitrogens with zero attached hydrogens (tertiary/aromatic N) is 6. The molecule has 0 atom stereocenters. The molecule has 1 aliphatic heterocycles. The Kier molecular flexibility index (Phi) is 5.65. The lowest BCUT2D eigenvalue weighted by molar-refractivity contribution is 0.313. The summed E-state index contributed by atoms with van der Waals surface area (Å²) in [5.41, 5.74) is 3.30. The highest BCUT2D eigenvalue weighted by atomic mass is 19.1. The van der Waals surface area contributed by atoms with Gasteiger partial charge >= 0.3 is 0 Å². The number of piperazine rings is 1. The lowest BCUT2D eigenvalue weighted by Crippen LogP contribution is -2.44. The molecule has 174 valence electrons. The van der Waals surface area contributed by atoms with E-state index in [1.165, 1.54) is 18.2 Å². The molecule has 9 heteroatoms. The van der Waals surface area contributed by atoms with E-state index in [1.54, 1.807) is 13.8 Å². The van der Waals surface area contributed by atoms with Gasteiger partial charge < -0.3 is 9.80 Å². The molecule has 0 radical (unpaired) electrons. The summed E-state index contributed by atoms with van der Waals surface area (Å²) >= 11 is 0. The van der Waals surface area contributed by atoms with Crippen LogP contribution >= 0.6 is 0 Å². The van der Waals surface area contributed by atoms with Crippen LogP contribution in [0.4, 0.5) is 18.9 Å². The largest absolute Gasteiger partial charge is 0.369 e. The fourth-order valence-electron chi connectivity index (χ4n) is 4.06. The summed E-state index contributed by atoms with van der Waals surface area (Å²) in [6.07, 6.45) is 0. The molecule has 1 aliphatic rings. The van der Waals surface area contributed by atoms with Crippen molar-refractivity contribution in [1.82, 2.24) is 24.8 Å². The lowest BCUT2D eigenvalue weighted by Gasteiger charge is -2.34. The fraction of sp³-hybridized carbons (Fsp3) is 0.280. The molecule has 1 fully saturated rings. The zero-order valence-corrected chi connectivity index (χ0v) is 19.1. The van der Waals surface area contributed by atoms with Gasteiger partial charge in [-0.25, -0.2) is 33.1 Å². The van der Waals surface area contributed by atoms with Crippen molar-refractivity contribution in [2.75, 3.05) is 38.1 Å². The van der Waals surface area contributed by atoms with Crippen LogP contribution in [-0.2, 0) is 0 Å². The Bertz CT molecular complexity index is 1400. The standard InChI is InChI=1S/C25H23F3N6/c1-14-15(2)30-25-23(29-14)22(20-5-4-17(26)13-21(20)28)31-24(32-25)16-10-18(27)12-19(11-16)34-8-6-33(3)7-9-34/h4-5,10-13H,6-9H2,1-3H3. The fourth-order valence-corrected chi connectivity index (χ4v) is 4.06. The van der Waals surface area contributed by atoms with Gasteiger partial charge in [-0.05, 0) is 51.2 Å². The average Bonchev–Trinajstić information content (AvgIpc) is 2.79. The molecule has 34 heavy (non-hydrogen) atoms. The van der Waals surface area contributed by atoms with Crippen LogP contribution in [0.1, 0.15) is 11.4 Å². The van der Waals surface area contributed by atoms with Gasteiger partial charge in [-0.1, -0.05) is 0 Å². The molecule has 6 nitrogen and oxygen atoms in total. The van der Waals surface area contributed by atoms with E-state index < -0.39 is 17.5 Å². The van der Waals surface area contributed by atoms with Gasteiger partial charge in [-0.3, -0.25) is 0 Å². The van der Waals surface area contributed by atoms with Crippen LogP contribution in [0.25, 0.3) is 33.8 Å². The Hall–Kier alpha value is -3.59. The summed E-state index contributed by atoms with van der Waals surface area (Å²) < 4.78 is 43.0. The van der Waals surface area contributed by atoms with Gasteiger partial charge in [0.1, 0.15) is 28.7 Å². The summed E-state index contributed by atoms with van der Waals surface area (Å²) in [5.74, 6) is -1.70. The number of hydrogen-bond donors (Lipinski definition) is 0. The lowest BCUT2D eigenvalue weighted by atomic mass is 10.1. The van der Waals surface area contributed by atoms with E-state index in [4.69, 9.17) is 0 Å². The number of benzene rings is 2. The molecular formula is C25H23F3N6. The Balaban J connectivity index is 1.70. The van der Waals surface area contributed by atoms with Crippen LogP contribution < -0.4 is 4.90 Å². The van der Waals surface area contributed by atoms with Crippen LogP contribution in [-0.4, -0.2) is 58.1 Å². The number of anilines is 1. The Labute approximate surface area is 195 Å². The number of aryl methyl sites for hydroxylation is 2. The predicted molar refractivity (Wildman–Crippen MR) is 125 cm³/mol. The number of halogens is 3. The van der Waals surface area contributed by atoms with Crippen molar-refractivity contribution in [2.24, 2.45) is 0 Å². The second-order valence-electron chi connectivity index (χ2n) is 8.58. The van der Waals surface area contributed by atoms with Gasteiger partial charge in [0.2, 0.25) is 0 Å². The van der Waals surface area contributed by atoms with Crippen molar-refractivity contribution in [3.8, 4) is 22.6 Å². The highest BCUT2D eigenvalue weighted by molar-refractivity contribution is 5.89. The molecule has 3 heterocycles. The first kappa shape index (κ1) is 22.2. The maximum Gasteiger partial charge on any atom is 0.182 e. The van der Waals surface area contributed by atoms with Gasteiger partial charge in [0.15, 0.2) is 11.5 Å². The zero-order valence-electron chi connectivity index (χ0n) is 19.1. The zero-order chi connectivity index (χ0) is 24.0. The summed E-state index contributed by atoms with van der Waals surface area (Å²) in [6.45, 7) is 6.88. The maximum atomic E-state index is 14.8. The summed E-state index contributed by atoms with van der Waals surface area (Å²) in [5, 5.41) is 0. The van der Waals surface area contributed by atoms with Crippen LogP contribution in [0, 0.1) is 31.3 Å². The third kappa shape index (κ3) is 4.19. The molecule has 0 aliphatic carbocycles. The van der Waals surface area contributed by atoms with E-state index in [1.807, 2.05) is 6.07 Å². The first-order valence-electron chi connectivity index (χ1n) is 11.0. The molecule has 2 aromatic heterocycles. The van der Waals surface area contributed by atoms with Crippen LogP contribution in [0.3, 0.4) is 0 Å². The van der Waals surface area contributed by atoms with E-state index in [2.05, 4.69) is 36.8 Å². The topological polar surface area (TPSA) is 58.0 Å². The molecule has 2 aromatic carbocycles. The Morgan fingerprint density at radius 1 is 0.765 bits per heavy atom. The summed E-state index contributed by atoms with van der Waals surface area (Å²) in [4.78, 5) is 22.5. The first-order valence-corrected chi connectivity index (χ1v) is 11.0. The van der Waals surface area contributed by atoms with E-state index in [9.17, 15) is 13.2 Å². The maximum absolute atomic E-state index is 14.8. The second-order valence-corrected chi connectivity index (χ2v) is 8.58. The minimum absolute atomic E-state index is 0.0725. The van der Waals surface area contributed by atoms with E-state index in [-0.39, 0.29) is 22.7 Å². The SMILES string of the molecule is Cc1nc2nc(-c3cc(F)cc(N4CCN(C)CC4)c3)nc(-c3ccc(F)cc3F)c2nc1C. The molecule has 1 saturated heterocycles. The first-order chi connectivity index (χ1) is 16.3. The number of aromatic nitrogens is 4. The van der Waals surface area contributed by atoms with Crippen LogP contribution in [0.15, 0.2) is 36.4 Å². The van der Waals surface area contributed by atoms with Crippen LogP contribution in [0.5, 0.6) is 0 Å². The minimum atomic E-state index is -0.775. The molecular weight excluding hydrogens is 441 g/mol. The van der Waals surface area contributed by atoms with Crippen molar-refractivity contribution in [3.63, 3.8) is 0 Å². The van der Waals surface area contributed by atoms with Gasteiger partial charge in [-0.15, -0.1) is 0 Å². The minimum Gasteiger partial charge on any atom is -0.369 e. The summed E-state index contributed by atoms with van der Waals surface area (Å²) in [6, 6.07) is 7.94. The van der Waals surface area contributed by atoms with E-state index in [0.29, 0.717) is 22.5 Å². The third-order valence-corrected chi connectivity index (χ3v) is 6.14. The predicted octanol–water partition coefficient (Wildman–Crippen LogP) is 4.54. The molecule has 0 saturated carbocycles. The Morgan fingerprint density at radius 3 is 2.24 bits per heavy atom. The molecule has 0 spiro atoms. The van der Waals surface area contributed by atoms with Crippen molar-refractivity contribution >= 4 is 16.9 Å². The molecule has 5 rings (SSSR count). The van der Waals surface area contributed by atoms with E-state index in [0.717, 1.165) is 44.0 Å². The molecule has 0 unspecified atom stereocenters. The molecule has 4 aromatic rings. The van der Waals surface area contributed by atoms with Crippen LogP contribution in [0.2, 0.25) is 0 Å². The molecule has 0 N–H and O–H groups in total. The normalized spacial score (nSPS) is 14.7. The number of fused-ring (bicyclic) bond motifs is 1. The highest BCUT2D eigenvalue weighted by Crippen LogP contribution is 2.32. The van der Waals surface area contributed by atoms with Gasteiger partial charge in [0, 0.05) is 49.1 Å². The van der Waals surface area contributed by atoms with Crippen molar-refractivity contribution in [1.29, 1.82) is 0 Å². The van der Waals surface area contributed by atoms with Crippen molar-refractivity contribution in [2.45, 2.75) is 13.8 Å². The van der Waals surface area contributed by atoms with Gasteiger partial charge in [-0.2, -0.15) is 0 Å². The quantitative estimate of drug-likeness (QED) is 0.444. The number of rotatable bonds is 3. The highest BCUT2D eigenvalue weighted by Gasteiger charge is 2.20. The summed E-state index contributed by atoms with van der Waals surface area (Å²) in [7, 11) is 2.05.